The Kier molecular flexibility index (Phi) is 4.98. The molecule has 1 saturated heterocycles. The van der Waals surface area contributed by atoms with Gasteiger partial charge in [0.15, 0.2) is 0 Å². The maximum Gasteiger partial charge on any atom is 0.248 e. The Morgan fingerprint density at radius 1 is 1.52 bits per heavy atom. The zero-order valence-corrected chi connectivity index (χ0v) is 13.7. The first-order valence-electron chi connectivity index (χ1n) is 7.62. The minimum absolute atomic E-state index is 0.0573. The summed E-state index contributed by atoms with van der Waals surface area (Å²) in [6, 6.07) is 1.40. The second-order valence-electron chi connectivity index (χ2n) is 6.60. The lowest BCUT2D eigenvalue weighted by Crippen LogP contribution is -2.45. The number of aliphatic hydroxyl groups is 1. The van der Waals surface area contributed by atoms with Gasteiger partial charge in [0.05, 0.1) is 0 Å². The van der Waals surface area contributed by atoms with Gasteiger partial charge in [0, 0.05) is 24.2 Å². The number of rotatable bonds is 3. The lowest BCUT2D eigenvalue weighted by Gasteiger charge is -2.24. The van der Waals surface area contributed by atoms with Crippen molar-refractivity contribution in [1.82, 2.24) is 15.3 Å². The van der Waals surface area contributed by atoms with Gasteiger partial charge in [-0.1, -0.05) is 20.8 Å². The summed E-state index contributed by atoms with van der Waals surface area (Å²) in [7, 11) is 0. The van der Waals surface area contributed by atoms with Crippen molar-refractivity contribution in [1.29, 1.82) is 5.41 Å². The number of hydrogen-bond donors (Lipinski definition) is 3. The number of allylic oxidation sites excluding steroid dienone is 1. The Bertz CT molecular complexity index is 607. The summed E-state index contributed by atoms with van der Waals surface area (Å²) in [5.41, 5.74) is -0.461. The van der Waals surface area contributed by atoms with Crippen molar-refractivity contribution < 1.29 is 9.90 Å². The molecule has 2 heterocycles. The number of nitrogens with one attached hydrogen (secondary N) is 2. The molecular weight excluding hydrogens is 294 g/mol. The van der Waals surface area contributed by atoms with Crippen molar-refractivity contribution in [3.63, 3.8) is 0 Å². The molecule has 2 rings (SSSR count). The Hall–Kier alpha value is -2.44. The van der Waals surface area contributed by atoms with Crippen LogP contribution in [0.25, 0.3) is 0 Å². The first-order chi connectivity index (χ1) is 10.8. The van der Waals surface area contributed by atoms with E-state index < -0.39 is 5.41 Å². The van der Waals surface area contributed by atoms with Gasteiger partial charge in [-0.3, -0.25) is 10.2 Å². The fourth-order valence-electron chi connectivity index (χ4n) is 2.37. The van der Waals surface area contributed by atoms with Gasteiger partial charge in [-0.05, 0) is 18.9 Å². The van der Waals surface area contributed by atoms with E-state index >= 15 is 0 Å². The predicted molar refractivity (Wildman–Crippen MR) is 88.4 cm³/mol. The smallest absolute Gasteiger partial charge is 0.248 e. The van der Waals surface area contributed by atoms with Gasteiger partial charge in [0.2, 0.25) is 5.91 Å². The summed E-state index contributed by atoms with van der Waals surface area (Å²) < 4.78 is 0. The zero-order valence-electron chi connectivity index (χ0n) is 13.7. The third-order valence-corrected chi connectivity index (χ3v) is 3.72. The Balaban J connectivity index is 2.04. The van der Waals surface area contributed by atoms with E-state index in [1.807, 2.05) is 25.7 Å². The molecule has 1 atom stereocenters. The van der Waals surface area contributed by atoms with Crippen LogP contribution in [-0.4, -0.2) is 39.4 Å². The fourth-order valence-corrected chi connectivity index (χ4v) is 2.37. The monoisotopic (exact) mass is 317 g/mol. The molecule has 7 nitrogen and oxygen atoms in total. The molecule has 0 aliphatic carbocycles. The van der Waals surface area contributed by atoms with E-state index in [9.17, 15) is 9.90 Å². The summed E-state index contributed by atoms with van der Waals surface area (Å²) in [6.07, 6.45) is 5.97. The maximum atomic E-state index is 12.4. The van der Waals surface area contributed by atoms with E-state index in [2.05, 4.69) is 15.3 Å². The first kappa shape index (κ1) is 16.9. The van der Waals surface area contributed by atoms with E-state index in [0.29, 0.717) is 12.2 Å². The lowest BCUT2D eigenvalue weighted by atomic mass is 9.93. The van der Waals surface area contributed by atoms with Gasteiger partial charge in [-0.15, -0.1) is 0 Å². The van der Waals surface area contributed by atoms with Crippen LogP contribution in [0.4, 0.5) is 5.82 Å². The van der Waals surface area contributed by atoms with Crippen molar-refractivity contribution in [2.75, 3.05) is 11.4 Å². The van der Waals surface area contributed by atoms with Crippen LogP contribution in [0, 0.1) is 10.8 Å². The Labute approximate surface area is 136 Å². The average Bonchev–Trinajstić information content (AvgIpc) is 2.96. The van der Waals surface area contributed by atoms with Crippen molar-refractivity contribution in [3.05, 3.63) is 30.4 Å². The topological polar surface area (TPSA) is 102 Å². The van der Waals surface area contributed by atoms with Crippen LogP contribution in [0.2, 0.25) is 0 Å². The highest BCUT2D eigenvalue weighted by Crippen LogP contribution is 2.24. The number of aromatic nitrogens is 2. The average molecular weight is 317 g/mol. The fraction of sp³-hybridized carbons (Fsp3) is 0.500. The Morgan fingerprint density at radius 3 is 2.87 bits per heavy atom. The molecule has 0 saturated carbocycles. The molecule has 1 aliphatic heterocycles. The van der Waals surface area contributed by atoms with Gasteiger partial charge in [0.1, 0.15) is 29.8 Å². The Morgan fingerprint density at radius 2 is 2.26 bits per heavy atom. The van der Waals surface area contributed by atoms with Gasteiger partial charge in [-0.2, -0.15) is 0 Å². The number of carbonyl (C=O) groups excluding carboxylic acids is 1. The van der Waals surface area contributed by atoms with Crippen LogP contribution in [0.3, 0.4) is 0 Å². The second kappa shape index (κ2) is 6.76. The molecule has 1 aliphatic rings. The van der Waals surface area contributed by atoms with Gasteiger partial charge < -0.3 is 15.3 Å². The van der Waals surface area contributed by atoms with E-state index in [1.165, 1.54) is 12.4 Å². The second-order valence-corrected chi connectivity index (χ2v) is 6.60. The van der Waals surface area contributed by atoms with Crippen LogP contribution < -0.4 is 10.2 Å². The molecule has 0 radical (unpaired) electrons. The van der Waals surface area contributed by atoms with Crippen LogP contribution in [0.1, 0.15) is 33.6 Å². The minimum Gasteiger partial charge on any atom is -0.512 e. The van der Waals surface area contributed by atoms with Crippen LogP contribution >= 0.6 is 0 Å². The molecule has 124 valence electrons. The van der Waals surface area contributed by atoms with Gasteiger partial charge >= 0.3 is 0 Å². The lowest BCUT2D eigenvalue weighted by molar-refractivity contribution is -0.120. The number of hydrogen-bond acceptors (Lipinski definition) is 6. The number of anilines is 1. The third-order valence-electron chi connectivity index (χ3n) is 3.72. The first-order valence-corrected chi connectivity index (χ1v) is 7.62. The molecular formula is C16H23N5O2. The van der Waals surface area contributed by atoms with Crippen LogP contribution in [0.15, 0.2) is 30.4 Å². The molecule has 1 amide bonds. The largest absolute Gasteiger partial charge is 0.512 e. The van der Waals surface area contributed by atoms with Crippen molar-refractivity contribution >= 4 is 17.6 Å². The van der Waals surface area contributed by atoms with Crippen molar-refractivity contribution in [3.8, 4) is 0 Å². The molecule has 3 N–H and O–H groups in total. The highest BCUT2D eigenvalue weighted by Gasteiger charge is 2.32. The SMILES string of the molecule is CC(C)(C)/C(O)=C/C(=N)NC(=O)[C@@H]1CCCN1c1ccncn1. The molecule has 1 aromatic rings. The summed E-state index contributed by atoms with van der Waals surface area (Å²) in [5, 5.41) is 20.3. The number of carbonyl (C=O) groups is 1. The highest BCUT2D eigenvalue weighted by molar-refractivity contribution is 6.05. The van der Waals surface area contributed by atoms with E-state index in [0.717, 1.165) is 13.0 Å². The van der Waals surface area contributed by atoms with E-state index in [-0.39, 0.29) is 23.5 Å². The van der Waals surface area contributed by atoms with E-state index in [4.69, 9.17) is 5.41 Å². The molecule has 7 heteroatoms. The molecule has 0 unspecified atom stereocenters. The maximum absolute atomic E-state index is 12.4. The third kappa shape index (κ3) is 4.28. The number of nitrogens with zero attached hydrogens (tertiary/aromatic N) is 3. The molecule has 0 spiro atoms. The minimum atomic E-state index is -0.461. The highest BCUT2D eigenvalue weighted by atomic mass is 16.3. The summed E-state index contributed by atoms with van der Waals surface area (Å²) in [4.78, 5) is 22.4. The zero-order chi connectivity index (χ0) is 17.0. The van der Waals surface area contributed by atoms with E-state index in [1.54, 1.807) is 12.3 Å². The summed E-state index contributed by atoms with van der Waals surface area (Å²) >= 11 is 0. The molecule has 0 bridgehead atoms. The quantitative estimate of drug-likeness (QED) is 0.450. The van der Waals surface area contributed by atoms with Crippen LogP contribution in [-0.2, 0) is 4.79 Å². The van der Waals surface area contributed by atoms with Crippen LogP contribution in [0.5, 0.6) is 0 Å². The van der Waals surface area contributed by atoms with Crippen molar-refractivity contribution in [2.24, 2.45) is 5.41 Å². The van der Waals surface area contributed by atoms with Gasteiger partial charge in [0.25, 0.3) is 0 Å². The number of amides is 1. The summed E-state index contributed by atoms with van der Waals surface area (Å²) in [6.45, 7) is 6.25. The molecule has 23 heavy (non-hydrogen) atoms. The normalized spacial score (nSPS) is 18.8. The number of amidine groups is 1. The standard InChI is InChI=1S/C16H23N5O2/c1-16(2,3)12(22)9-13(17)20-15(23)11-5-4-8-21(11)14-6-7-18-10-19-14/h6-7,9-11,22H,4-5,8H2,1-3H3,(H2,17,20,23)/b12-9-/t11-/m0/s1. The predicted octanol–water partition coefficient (Wildman–Crippen LogP) is 2.03. The molecule has 1 aromatic heterocycles. The van der Waals surface area contributed by atoms with Crippen molar-refractivity contribution in [2.45, 2.75) is 39.7 Å². The molecule has 1 fully saturated rings. The number of aliphatic hydroxyl groups excluding tert-OH is 1. The van der Waals surface area contributed by atoms with Gasteiger partial charge in [-0.25, -0.2) is 9.97 Å². The summed E-state index contributed by atoms with van der Waals surface area (Å²) in [5.74, 6) is 0.389. The molecule has 0 aromatic carbocycles.